The molecule has 124 valence electrons. The number of nitrogens with zero attached hydrogens (tertiary/aromatic N) is 1. The van der Waals surface area contributed by atoms with E-state index in [0.29, 0.717) is 12.0 Å². The van der Waals surface area contributed by atoms with E-state index in [2.05, 4.69) is 39.6 Å². The molecule has 1 fully saturated rings. The van der Waals surface area contributed by atoms with Crippen LogP contribution in [0, 0.1) is 5.92 Å². The third-order valence-electron chi connectivity index (χ3n) is 3.66. The van der Waals surface area contributed by atoms with Gasteiger partial charge >= 0.3 is 6.09 Å². The van der Waals surface area contributed by atoms with Crippen LogP contribution in [-0.2, 0) is 4.74 Å². The van der Waals surface area contributed by atoms with E-state index >= 15 is 0 Å². The Kier molecular flexibility index (Phi) is 5.91. The Labute approximate surface area is 145 Å². The van der Waals surface area contributed by atoms with Crippen molar-refractivity contribution in [3.63, 3.8) is 0 Å². The first-order valence-electron chi connectivity index (χ1n) is 7.70. The summed E-state index contributed by atoms with van der Waals surface area (Å²) >= 11 is 5.25. The van der Waals surface area contributed by atoms with E-state index in [4.69, 9.17) is 4.74 Å². The summed E-state index contributed by atoms with van der Waals surface area (Å²) < 4.78 is 6.57. The molecular formula is C16H25BrN2O2S. The van der Waals surface area contributed by atoms with Crippen molar-refractivity contribution in [3.05, 3.63) is 20.8 Å². The van der Waals surface area contributed by atoms with E-state index in [1.54, 1.807) is 11.3 Å². The molecule has 0 aliphatic carbocycles. The summed E-state index contributed by atoms with van der Waals surface area (Å²) in [5.41, 5.74) is -0.422. The molecule has 0 saturated carbocycles. The average Bonchev–Trinajstić information content (AvgIpc) is 3.02. The molecule has 4 nitrogen and oxygen atoms in total. The lowest BCUT2D eigenvalue weighted by Gasteiger charge is -2.24. The quantitative estimate of drug-likeness (QED) is 0.829. The summed E-state index contributed by atoms with van der Waals surface area (Å²) in [6.45, 7) is 10.4. The van der Waals surface area contributed by atoms with Crippen LogP contribution in [0.15, 0.2) is 15.9 Å². The number of carbonyl (C=O) groups excluding carboxylic acids is 1. The smallest absolute Gasteiger partial charge is 0.410 e. The lowest BCUT2D eigenvalue weighted by atomic mass is 10.1. The zero-order valence-electron chi connectivity index (χ0n) is 13.7. The molecule has 22 heavy (non-hydrogen) atoms. The van der Waals surface area contributed by atoms with Crippen LogP contribution in [0.25, 0.3) is 0 Å². The largest absolute Gasteiger partial charge is 0.444 e. The third kappa shape index (κ3) is 5.25. The summed E-state index contributed by atoms with van der Waals surface area (Å²) in [5.74, 6) is 0.498. The van der Waals surface area contributed by atoms with E-state index < -0.39 is 5.60 Å². The first-order chi connectivity index (χ1) is 10.2. The van der Waals surface area contributed by atoms with Crippen molar-refractivity contribution in [2.24, 2.45) is 5.92 Å². The minimum Gasteiger partial charge on any atom is -0.444 e. The molecule has 1 aliphatic heterocycles. The molecule has 1 aliphatic rings. The molecule has 2 unspecified atom stereocenters. The number of carbonyl (C=O) groups is 1. The lowest BCUT2D eigenvalue weighted by molar-refractivity contribution is 0.0288. The molecule has 1 aromatic rings. The predicted molar refractivity (Wildman–Crippen MR) is 94.4 cm³/mol. The number of halogens is 1. The van der Waals surface area contributed by atoms with Gasteiger partial charge in [-0.05, 0) is 62.0 Å². The lowest BCUT2D eigenvalue weighted by Crippen LogP contribution is -2.36. The Balaban J connectivity index is 1.75. The van der Waals surface area contributed by atoms with Crippen LogP contribution < -0.4 is 5.32 Å². The molecule has 1 amide bonds. The highest BCUT2D eigenvalue weighted by Gasteiger charge is 2.29. The van der Waals surface area contributed by atoms with Crippen LogP contribution in [0.1, 0.15) is 45.0 Å². The number of thiophene rings is 1. The molecule has 2 heterocycles. The summed E-state index contributed by atoms with van der Waals surface area (Å²) in [5, 5.41) is 5.68. The number of hydrogen-bond donors (Lipinski definition) is 1. The van der Waals surface area contributed by atoms with E-state index in [-0.39, 0.29) is 6.09 Å². The van der Waals surface area contributed by atoms with E-state index in [1.807, 2.05) is 25.7 Å². The van der Waals surface area contributed by atoms with Crippen LogP contribution in [0.5, 0.6) is 0 Å². The molecule has 6 heteroatoms. The van der Waals surface area contributed by atoms with Gasteiger partial charge in [0.15, 0.2) is 0 Å². The average molecular weight is 389 g/mol. The first-order valence-corrected chi connectivity index (χ1v) is 9.37. The highest BCUT2D eigenvalue weighted by Crippen LogP contribution is 2.26. The zero-order valence-corrected chi connectivity index (χ0v) is 16.1. The SMILES string of the molecule is CC(NCC1CCN(C(=O)OC(C)(C)C)C1)c1cc(Br)cs1. The van der Waals surface area contributed by atoms with Crippen LogP contribution in [0.4, 0.5) is 4.79 Å². The fourth-order valence-electron chi connectivity index (χ4n) is 2.49. The number of ether oxygens (including phenoxy) is 1. The van der Waals surface area contributed by atoms with Gasteiger partial charge in [0.1, 0.15) is 5.60 Å². The topological polar surface area (TPSA) is 41.6 Å². The number of rotatable bonds is 4. The second-order valence-corrected chi connectivity index (χ2v) is 8.74. The monoisotopic (exact) mass is 388 g/mol. The molecule has 2 rings (SSSR count). The highest BCUT2D eigenvalue weighted by atomic mass is 79.9. The van der Waals surface area contributed by atoms with Gasteiger partial charge in [-0.2, -0.15) is 0 Å². The fourth-order valence-corrected chi connectivity index (χ4v) is 3.97. The van der Waals surface area contributed by atoms with Gasteiger partial charge in [0, 0.05) is 40.4 Å². The van der Waals surface area contributed by atoms with Gasteiger partial charge in [-0.25, -0.2) is 4.79 Å². The molecule has 1 N–H and O–H groups in total. The van der Waals surface area contributed by atoms with E-state index in [1.165, 1.54) is 4.88 Å². The zero-order chi connectivity index (χ0) is 16.3. The maximum absolute atomic E-state index is 12.0. The first kappa shape index (κ1) is 17.8. The maximum Gasteiger partial charge on any atom is 0.410 e. The van der Waals surface area contributed by atoms with Gasteiger partial charge in [0.2, 0.25) is 0 Å². The maximum atomic E-state index is 12.0. The van der Waals surface area contributed by atoms with Gasteiger partial charge in [0.25, 0.3) is 0 Å². The molecule has 2 atom stereocenters. The minimum atomic E-state index is -0.422. The van der Waals surface area contributed by atoms with Gasteiger partial charge in [0.05, 0.1) is 0 Å². The Hall–Kier alpha value is -0.590. The second kappa shape index (κ2) is 7.32. The highest BCUT2D eigenvalue weighted by molar-refractivity contribution is 9.10. The molecule has 0 aromatic carbocycles. The summed E-state index contributed by atoms with van der Waals surface area (Å²) in [6, 6.07) is 2.50. The Morgan fingerprint density at radius 2 is 2.32 bits per heavy atom. The molecule has 0 spiro atoms. The molecular weight excluding hydrogens is 364 g/mol. The van der Waals surface area contributed by atoms with Gasteiger partial charge < -0.3 is 15.0 Å². The number of likely N-dealkylation sites (tertiary alicyclic amines) is 1. The van der Waals surface area contributed by atoms with Gasteiger partial charge in [-0.3, -0.25) is 0 Å². The Morgan fingerprint density at radius 1 is 1.59 bits per heavy atom. The van der Waals surface area contributed by atoms with Crippen molar-refractivity contribution in [1.82, 2.24) is 10.2 Å². The Bertz CT molecular complexity index is 512. The van der Waals surface area contributed by atoms with Crippen molar-refractivity contribution in [1.29, 1.82) is 0 Å². The van der Waals surface area contributed by atoms with Gasteiger partial charge in [-0.1, -0.05) is 0 Å². The second-order valence-electron chi connectivity index (χ2n) is 6.88. The molecule has 1 saturated heterocycles. The van der Waals surface area contributed by atoms with Crippen molar-refractivity contribution in [3.8, 4) is 0 Å². The van der Waals surface area contributed by atoms with Crippen molar-refractivity contribution in [2.75, 3.05) is 19.6 Å². The van der Waals surface area contributed by atoms with E-state index in [9.17, 15) is 4.79 Å². The van der Waals surface area contributed by atoms with Gasteiger partial charge in [-0.15, -0.1) is 11.3 Å². The van der Waals surface area contributed by atoms with E-state index in [0.717, 1.165) is 30.5 Å². The minimum absolute atomic E-state index is 0.190. The van der Waals surface area contributed by atoms with Crippen molar-refractivity contribution in [2.45, 2.75) is 45.8 Å². The van der Waals surface area contributed by atoms with Crippen LogP contribution >= 0.6 is 27.3 Å². The number of nitrogens with one attached hydrogen (secondary N) is 1. The summed E-state index contributed by atoms with van der Waals surface area (Å²) in [4.78, 5) is 15.2. The predicted octanol–water partition coefficient (Wildman–Crippen LogP) is 4.42. The summed E-state index contributed by atoms with van der Waals surface area (Å²) in [7, 11) is 0. The van der Waals surface area contributed by atoms with Crippen LogP contribution in [0.2, 0.25) is 0 Å². The van der Waals surface area contributed by atoms with Crippen LogP contribution in [-0.4, -0.2) is 36.2 Å². The normalized spacial score (nSPS) is 20.2. The number of amides is 1. The van der Waals surface area contributed by atoms with Crippen molar-refractivity contribution >= 4 is 33.4 Å². The van der Waals surface area contributed by atoms with Crippen LogP contribution in [0.3, 0.4) is 0 Å². The fraction of sp³-hybridized carbons (Fsp3) is 0.688. The molecule has 1 aromatic heterocycles. The van der Waals surface area contributed by atoms with Crippen molar-refractivity contribution < 1.29 is 9.53 Å². The Morgan fingerprint density at radius 3 is 2.91 bits per heavy atom. The standard InChI is InChI=1S/C16H25BrN2O2S/c1-11(14-7-13(17)10-22-14)18-8-12-5-6-19(9-12)15(20)21-16(2,3)4/h7,10-12,18H,5-6,8-9H2,1-4H3. The summed E-state index contributed by atoms with van der Waals surface area (Å²) in [6.07, 6.45) is 0.845. The molecule has 0 bridgehead atoms. The third-order valence-corrected chi connectivity index (χ3v) is 5.54. The molecule has 0 radical (unpaired) electrons. The number of hydrogen-bond acceptors (Lipinski definition) is 4.